The Bertz CT molecular complexity index is 538. The second-order valence-corrected chi connectivity index (χ2v) is 5.00. The Morgan fingerprint density at radius 3 is 2.68 bits per heavy atom. The number of likely N-dealkylation sites (N-methyl/N-ethyl adjacent to an activating group) is 1. The Morgan fingerprint density at radius 1 is 1.42 bits per heavy atom. The lowest BCUT2D eigenvalue weighted by atomic mass is 9.93. The van der Waals surface area contributed by atoms with Gasteiger partial charge in [0.2, 0.25) is 5.91 Å². The van der Waals surface area contributed by atoms with E-state index < -0.39 is 5.91 Å². The fourth-order valence-electron chi connectivity index (χ4n) is 2.25. The van der Waals surface area contributed by atoms with E-state index in [0.29, 0.717) is 29.8 Å². The highest BCUT2D eigenvalue weighted by molar-refractivity contribution is 6.03. The van der Waals surface area contributed by atoms with Crippen LogP contribution in [0.4, 0.5) is 0 Å². The van der Waals surface area contributed by atoms with Crippen LogP contribution in [-0.4, -0.2) is 36.4 Å². The summed E-state index contributed by atoms with van der Waals surface area (Å²) < 4.78 is 5.58. The molecule has 2 rings (SSSR count). The van der Waals surface area contributed by atoms with Gasteiger partial charge in [-0.2, -0.15) is 0 Å². The van der Waals surface area contributed by atoms with Gasteiger partial charge in [0.05, 0.1) is 6.10 Å². The van der Waals surface area contributed by atoms with E-state index in [9.17, 15) is 9.59 Å². The first-order chi connectivity index (χ1) is 8.90. The number of rotatable bonds is 3. The minimum Gasteiger partial charge on any atom is -0.491 e. The van der Waals surface area contributed by atoms with Crippen LogP contribution in [0.3, 0.4) is 0 Å². The van der Waals surface area contributed by atoms with Gasteiger partial charge in [-0.3, -0.25) is 9.59 Å². The van der Waals surface area contributed by atoms with E-state index in [-0.39, 0.29) is 12.0 Å². The number of carbonyl (C=O) groups is 2. The second-order valence-electron chi connectivity index (χ2n) is 5.00. The first-order valence-electron chi connectivity index (χ1n) is 6.29. The number of hydrogen-bond acceptors (Lipinski definition) is 3. The van der Waals surface area contributed by atoms with Gasteiger partial charge in [-0.1, -0.05) is 0 Å². The van der Waals surface area contributed by atoms with Gasteiger partial charge < -0.3 is 15.4 Å². The van der Waals surface area contributed by atoms with Crippen molar-refractivity contribution < 1.29 is 14.3 Å². The van der Waals surface area contributed by atoms with Crippen LogP contribution in [0.25, 0.3) is 0 Å². The molecule has 0 fully saturated rings. The van der Waals surface area contributed by atoms with Crippen LogP contribution in [0.1, 0.15) is 40.1 Å². The molecule has 0 saturated heterocycles. The van der Waals surface area contributed by atoms with Crippen LogP contribution in [0.15, 0.2) is 12.1 Å². The quantitative estimate of drug-likeness (QED) is 0.889. The van der Waals surface area contributed by atoms with Gasteiger partial charge in [0.1, 0.15) is 5.75 Å². The lowest BCUT2D eigenvalue weighted by Gasteiger charge is -2.26. The molecule has 0 radical (unpaired) electrons. The van der Waals surface area contributed by atoms with Gasteiger partial charge in [0, 0.05) is 24.7 Å². The van der Waals surface area contributed by atoms with Crippen molar-refractivity contribution in [3.63, 3.8) is 0 Å². The van der Waals surface area contributed by atoms with Crippen molar-refractivity contribution >= 4 is 11.8 Å². The molecule has 0 saturated carbocycles. The van der Waals surface area contributed by atoms with Crippen LogP contribution < -0.4 is 10.5 Å². The Hall–Kier alpha value is -2.04. The molecule has 1 aliphatic rings. The monoisotopic (exact) mass is 262 g/mol. The van der Waals surface area contributed by atoms with Gasteiger partial charge in [0.25, 0.3) is 5.91 Å². The van der Waals surface area contributed by atoms with E-state index in [1.54, 1.807) is 24.1 Å². The molecule has 5 heteroatoms. The molecule has 102 valence electrons. The van der Waals surface area contributed by atoms with Gasteiger partial charge >= 0.3 is 0 Å². The minimum absolute atomic E-state index is 0.0322. The average Bonchev–Trinajstić information content (AvgIpc) is 2.32. The first kappa shape index (κ1) is 13.4. The van der Waals surface area contributed by atoms with Gasteiger partial charge in [0.15, 0.2) is 0 Å². The molecule has 0 aliphatic carbocycles. The molecule has 2 amide bonds. The van der Waals surface area contributed by atoms with Crippen LogP contribution in [0.2, 0.25) is 0 Å². The standard InChI is InChI=1S/C14H18N2O3/c1-8(2)19-9-6-11(13(15)17)10-4-5-16(3)14(18)12(10)7-9/h6-8H,4-5H2,1-3H3,(H2,15,17). The lowest BCUT2D eigenvalue weighted by molar-refractivity contribution is 0.0779. The summed E-state index contributed by atoms with van der Waals surface area (Å²) in [7, 11) is 1.74. The Kier molecular flexibility index (Phi) is 3.46. The zero-order chi connectivity index (χ0) is 14.2. The second kappa shape index (κ2) is 4.91. The molecule has 1 aliphatic heterocycles. The van der Waals surface area contributed by atoms with Gasteiger partial charge in [-0.15, -0.1) is 0 Å². The van der Waals surface area contributed by atoms with Crippen molar-refractivity contribution in [2.75, 3.05) is 13.6 Å². The summed E-state index contributed by atoms with van der Waals surface area (Å²) >= 11 is 0. The van der Waals surface area contributed by atoms with Gasteiger partial charge in [-0.05, 0) is 38.0 Å². The predicted octanol–water partition coefficient (Wildman–Crippen LogP) is 1.20. The van der Waals surface area contributed by atoms with Crippen molar-refractivity contribution in [2.24, 2.45) is 5.73 Å². The summed E-state index contributed by atoms with van der Waals surface area (Å²) in [5.41, 5.74) is 7.03. The molecule has 5 nitrogen and oxygen atoms in total. The number of fused-ring (bicyclic) bond motifs is 1. The van der Waals surface area contributed by atoms with E-state index in [0.717, 1.165) is 5.56 Å². The highest BCUT2D eigenvalue weighted by atomic mass is 16.5. The van der Waals surface area contributed by atoms with Crippen molar-refractivity contribution in [2.45, 2.75) is 26.4 Å². The van der Waals surface area contributed by atoms with E-state index in [4.69, 9.17) is 10.5 Å². The molecule has 0 aromatic heterocycles. The Balaban J connectivity index is 2.56. The number of ether oxygens (including phenoxy) is 1. The lowest BCUT2D eigenvalue weighted by Crippen LogP contribution is -2.35. The number of amides is 2. The number of benzene rings is 1. The van der Waals surface area contributed by atoms with Crippen LogP contribution in [-0.2, 0) is 6.42 Å². The highest BCUT2D eigenvalue weighted by Crippen LogP contribution is 2.27. The summed E-state index contributed by atoms with van der Waals surface area (Å²) in [6.07, 6.45) is 0.604. The highest BCUT2D eigenvalue weighted by Gasteiger charge is 2.26. The summed E-state index contributed by atoms with van der Waals surface area (Å²) in [6, 6.07) is 3.32. The molecule has 2 N–H and O–H groups in total. The largest absolute Gasteiger partial charge is 0.491 e. The average molecular weight is 262 g/mol. The fraction of sp³-hybridized carbons (Fsp3) is 0.429. The molecule has 1 aromatic carbocycles. The van der Waals surface area contributed by atoms with Gasteiger partial charge in [-0.25, -0.2) is 0 Å². The Labute approximate surface area is 112 Å². The molecule has 1 heterocycles. The van der Waals surface area contributed by atoms with E-state index in [1.807, 2.05) is 13.8 Å². The Morgan fingerprint density at radius 2 is 2.11 bits per heavy atom. The van der Waals surface area contributed by atoms with Crippen molar-refractivity contribution in [3.05, 3.63) is 28.8 Å². The van der Waals surface area contributed by atoms with Crippen LogP contribution >= 0.6 is 0 Å². The topological polar surface area (TPSA) is 72.6 Å². The summed E-state index contributed by atoms with van der Waals surface area (Å²) in [4.78, 5) is 25.3. The molecule has 1 aromatic rings. The maximum absolute atomic E-state index is 12.1. The molecular weight excluding hydrogens is 244 g/mol. The maximum Gasteiger partial charge on any atom is 0.254 e. The van der Waals surface area contributed by atoms with Crippen LogP contribution in [0.5, 0.6) is 5.75 Å². The molecular formula is C14H18N2O3. The summed E-state index contributed by atoms with van der Waals surface area (Å²) in [5.74, 6) is -0.119. The van der Waals surface area contributed by atoms with E-state index in [1.165, 1.54) is 0 Å². The third-order valence-corrected chi connectivity index (χ3v) is 3.13. The molecule has 0 spiro atoms. The SMILES string of the molecule is CC(C)Oc1cc(C(N)=O)c2c(c1)C(=O)N(C)CC2. The van der Waals surface area contributed by atoms with Crippen molar-refractivity contribution in [3.8, 4) is 5.75 Å². The third-order valence-electron chi connectivity index (χ3n) is 3.13. The predicted molar refractivity (Wildman–Crippen MR) is 71.4 cm³/mol. The minimum atomic E-state index is -0.525. The molecule has 19 heavy (non-hydrogen) atoms. The number of nitrogens with zero attached hydrogens (tertiary/aromatic N) is 1. The molecule has 0 unspecified atom stereocenters. The number of primary amides is 1. The number of hydrogen-bond donors (Lipinski definition) is 1. The number of nitrogens with two attached hydrogens (primary N) is 1. The third kappa shape index (κ3) is 2.54. The van der Waals surface area contributed by atoms with Crippen molar-refractivity contribution in [1.29, 1.82) is 0 Å². The smallest absolute Gasteiger partial charge is 0.254 e. The molecule has 0 bridgehead atoms. The zero-order valence-corrected chi connectivity index (χ0v) is 11.4. The maximum atomic E-state index is 12.1. The molecule has 0 atom stereocenters. The first-order valence-corrected chi connectivity index (χ1v) is 6.29. The number of carbonyl (C=O) groups excluding carboxylic acids is 2. The van der Waals surface area contributed by atoms with E-state index in [2.05, 4.69) is 0 Å². The van der Waals surface area contributed by atoms with Crippen molar-refractivity contribution in [1.82, 2.24) is 4.90 Å². The summed E-state index contributed by atoms with van der Waals surface area (Å²) in [6.45, 7) is 4.37. The summed E-state index contributed by atoms with van der Waals surface area (Å²) in [5, 5.41) is 0. The van der Waals surface area contributed by atoms with E-state index >= 15 is 0 Å². The normalized spacial score (nSPS) is 14.5. The van der Waals surface area contributed by atoms with Crippen LogP contribution in [0, 0.1) is 0 Å². The fourth-order valence-corrected chi connectivity index (χ4v) is 2.25. The zero-order valence-electron chi connectivity index (χ0n) is 11.4.